The first-order chi connectivity index (χ1) is 11.2. The normalized spacial score (nSPS) is 19.5. The van der Waals surface area contributed by atoms with Crippen LogP contribution in [-0.4, -0.2) is 22.1 Å². The molecule has 0 radical (unpaired) electrons. The van der Waals surface area contributed by atoms with Gasteiger partial charge in [0.2, 0.25) is 11.6 Å². The summed E-state index contributed by atoms with van der Waals surface area (Å²) >= 11 is 0. The summed E-state index contributed by atoms with van der Waals surface area (Å²) < 4.78 is 12.1. The summed E-state index contributed by atoms with van der Waals surface area (Å²) in [5.41, 5.74) is -1.14. The summed E-state index contributed by atoms with van der Waals surface area (Å²) in [7, 11) is 0. The van der Waals surface area contributed by atoms with Crippen LogP contribution in [0.3, 0.4) is 0 Å². The summed E-state index contributed by atoms with van der Waals surface area (Å²) in [6, 6.07) is 3.19. The predicted molar refractivity (Wildman–Crippen MR) is 86.4 cm³/mol. The van der Waals surface area contributed by atoms with E-state index in [4.69, 9.17) is 5.26 Å². The van der Waals surface area contributed by atoms with Crippen LogP contribution in [0.15, 0.2) is 11.0 Å². The lowest BCUT2D eigenvalue weighted by Crippen LogP contribution is -2.40. The molecule has 1 heterocycles. The van der Waals surface area contributed by atoms with Gasteiger partial charge < -0.3 is 10.3 Å². The van der Waals surface area contributed by atoms with Crippen LogP contribution in [0, 0.1) is 17.3 Å². The van der Waals surface area contributed by atoms with Gasteiger partial charge in [-0.1, -0.05) is 38.5 Å². The molecule has 2 fully saturated rings. The lowest BCUT2D eigenvalue weighted by Gasteiger charge is -2.30. The Kier molecular flexibility index (Phi) is 7.21. The Morgan fingerprint density at radius 2 is 1.61 bits per heavy atom. The largest absolute Gasteiger partial charge is 0.322 e. The molecule has 0 saturated heterocycles. The quantitative estimate of drug-likeness (QED) is 0.877. The van der Waals surface area contributed by atoms with E-state index >= 15 is 0 Å². The Morgan fingerprint density at radius 3 is 2.04 bits per heavy atom. The van der Waals surface area contributed by atoms with Gasteiger partial charge in [0.1, 0.15) is 6.07 Å². The Morgan fingerprint density at radius 1 is 1.09 bits per heavy atom. The highest BCUT2D eigenvalue weighted by Gasteiger charge is 2.19. The zero-order chi connectivity index (χ0) is 16.5. The number of hydrogen-bond donors (Lipinski definition) is 2. The molecule has 126 valence electrons. The van der Waals surface area contributed by atoms with E-state index in [2.05, 4.69) is 10.3 Å². The molecular weight excluding hydrogens is 295 g/mol. The molecule has 0 aliphatic heterocycles. The maximum absolute atomic E-state index is 12.1. The smallest absolute Gasteiger partial charge is 0.284 e. The fourth-order valence-corrected chi connectivity index (χ4v) is 3.33. The lowest BCUT2D eigenvalue weighted by atomic mass is 9.91. The second kappa shape index (κ2) is 9.41. The van der Waals surface area contributed by atoms with Crippen LogP contribution >= 0.6 is 0 Å². The average Bonchev–Trinajstić information content (AvgIpc) is 2.59. The van der Waals surface area contributed by atoms with E-state index < -0.39 is 17.2 Å². The molecule has 2 aliphatic carbocycles. The van der Waals surface area contributed by atoms with Crippen molar-refractivity contribution >= 4 is 0 Å². The van der Waals surface area contributed by atoms with E-state index in [-0.39, 0.29) is 0 Å². The number of aromatic nitrogens is 2. The highest BCUT2D eigenvalue weighted by Crippen LogP contribution is 2.22. The number of rotatable bonds is 2. The minimum absolute atomic E-state index is 0.458. The van der Waals surface area contributed by atoms with E-state index in [0.29, 0.717) is 0 Å². The van der Waals surface area contributed by atoms with Crippen LogP contribution in [0.1, 0.15) is 69.9 Å². The SMILES string of the molecule is C1CCC(NC2CCCCC2)CC1.N#Cc1nc(F)c[nH]c1=O. The number of nitrogens with one attached hydrogen (secondary N) is 2. The monoisotopic (exact) mass is 320 g/mol. The van der Waals surface area contributed by atoms with Crippen molar-refractivity contribution in [2.45, 2.75) is 76.3 Å². The summed E-state index contributed by atoms with van der Waals surface area (Å²) in [6.45, 7) is 0. The molecule has 5 nitrogen and oxygen atoms in total. The molecule has 0 amide bonds. The van der Waals surface area contributed by atoms with Crippen LogP contribution < -0.4 is 10.9 Å². The third kappa shape index (κ3) is 6.11. The van der Waals surface area contributed by atoms with Gasteiger partial charge in [0.25, 0.3) is 5.56 Å². The van der Waals surface area contributed by atoms with Crippen molar-refractivity contribution in [3.05, 3.63) is 28.2 Å². The number of hydrogen-bond acceptors (Lipinski definition) is 4. The molecule has 6 heteroatoms. The number of halogens is 1. The minimum Gasteiger partial charge on any atom is -0.322 e. The minimum atomic E-state index is -0.865. The maximum Gasteiger partial charge on any atom is 0.284 e. The summed E-state index contributed by atoms with van der Waals surface area (Å²) in [5, 5.41) is 12.0. The molecular formula is C17H25FN4O. The molecule has 1 aromatic rings. The molecule has 0 spiro atoms. The number of aromatic amines is 1. The van der Waals surface area contributed by atoms with E-state index in [0.717, 1.165) is 18.3 Å². The van der Waals surface area contributed by atoms with E-state index in [1.807, 2.05) is 4.98 Å². The molecule has 0 unspecified atom stereocenters. The van der Waals surface area contributed by atoms with Crippen LogP contribution in [-0.2, 0) is 0 Å². The van der Waals surface area contributed by atoms with Gasteiger partial charge in [-0.3, -0.25) is 4.79 Å². The van der Waals surface area contributed by atoms with E-state index in [1.165, 1.54) is 70.3 Å². The average molecular weight is 320 g/mol. The molecule has 3 rings (SSSR count). The fraction of sp³-hybridized carbons (Fsp3) is 0.706. The van der Waals surface area contributed by atoms with Crippen LogP contribution in [0.5, 0.6) is 0 Å². The van der Waals surface area contributed by atoms with Gasteiger partial charge in [-0.05, 0) is 25.7 Å². The van der Waals surface area contributed by atoms with Gasteiger partial charge in [-0.15, -0.1) is 0 Å². The van der Waals surface area contributed by atoms with Crippen molar-refractivity contribution in [2.75, 3.05) is 0 Å². The van der Waals surface area contributed by atoms with Crippen molar-refractivity contribution in [2.24, 2.45) is 0 Å². The molecule has 23 heavy (non-hydrogen) atoms. The molecule has 2 aliphatic rings. The van der Waals surface area contributed by atoms with Crippen LogP contribution in [0.4, 0.5) is 4.39 Å². The zero-order valence-corrected chi connectivity index (χ0v) is 13.5. The second-order valence-corrected chi connectivity index (χ2v) is 6.35. The third-order valence-electron chi connectivity index (χ3n) is 4.54. The molecule has 0 aromatic carbocycles. The third-order valence-corrected chi connectivity index (χ3v) is 4.54. The van der Waals surface area contributed by atoms with Crippen molar-refractivity contribution in [3.8, 4) is 6.07 Å². The van der Waals surface area contributed by atoms with Crippen molar-refractivity contribution in [1.82, 2.24) is 15.3 Å². The van der Waals surface area contributed by atoms with Gasteiger partial charge in [-0.25, -0.2) is 4.98 Å². The van der Waals surface area contributed by atoms with Gasteiger partial charge >= 0.3 is 0 Å². The van der Waals surface area contributed by atoms with Crippen molar-refractivity contribution in [1.29, 1.82) is 5.26 Å². The Balaban J connectivity index is 0.000000174. The Bertz CT molecular complexity index is 553. The summed E-state index contributed by atoms with van der Waals surface area (Å²) in [4.78, 5) is 15.5. The van der Waals surface area contributed by atoms with Crippen molar-refractivity contribution in [3.63, 3.8) is 0 Å². The first kappa shape index (κ1) is 17.6. The van der Waals surface area contributed by atoms with E-state index in [1.54, 1.807) is 0 Å². The Labute approximate surface area is 136 Å². The number of H-pyrrole nitrogens is 1. The van der Waals surface area contributed by atoms with Crippen molar-refractivity contribution < 1.29 is 4.39 Å². The maximum atomic E-state index is 12.1. The van der Waals surface area contributed by atoms with Crippen LogP contribution in [0.2, 0.25) is 0 Å². The summed E-state index contributed by atoms with van der Waals surface area (Å²) in [6.07, 6.45) is 15.4. The zero-order valence-electron chi connectivity index (χ0n) is 13.5. The topological polar surface area (TPSA) is 81.6 Å². The van der Waals surface area contributed by atoms with Gasteiger partial charge in [0.15, 0.2) is 0 Å². The highest BCUT2D eigenvalue weighted by molar-refractivity contribution is 5.14. The lowest BCUT2D eigenvalue weighted by molar-refractivity contribution is 0.291. The number of nitrogens with zero attached hydrogens (tertiary/aromatic N) is 2. The standard InChI is InChI=1S/C12H23N.C5H2FN3O/c1-3-7-11(8-4-1)13-12-9-5-2-6-10-12;6-4-2-8-5(10)3(1-7)9-4/h11-13H,1-10H2;2H,(H,8,10). The predicted octanol–water partition coefficient (Wildman–Crippen LogP) is 3.02. The second-order valence-electron chi connectivity index (χ2n) is 6.35. The molecule has 2 saturated carbocycles. The van der Waals surface area contributed by atoms with Crippen LogP contribution in [0.25, 0.3) is 0 Å². The molecule has 0 atom stereocenters. The number of nitriles is 1. The Hall–Kier alpha value is -1.74. The first-order valence-electron chi connectivity index (χ1n) is 8.60. The fourth-order valence-electron chi connectivity index (χ4n) is 3.33. The first-order valence-corrected chi connectivity index (χ1v) is 8.60. The van der Waals surface area contributed by atoms with Gasteiger partial charge in [-0.2, -0.15) is 9.65 Å². The molecule has 1 aromatic heterocycles. The summed E-state index contributed by atoms with van der Waals surface area (Å²) in [5.74, 6) is -0.865. The molecule has 2 N–H and O–H groups in total. The van der Waals surface area contributed by atoms with E-state index in [9.17, 15) is 9.18 Å². The van der Waals surface area contributed by atoms with Gasteiger partial charge in [0.05, 0.1) is 6.20 Å². The highest BCUT2D eigenvalue weighted by atomic mass is 19.1. The molecule has 0 bridgehead atoms. The van der Waals surface area contributed by atoms with Gasteiger partial charge in [0, 0.05) is 12.1 Å².